The largest absolute Gasteiger partial charge is 0.495 e. The van der Waals surface area contributed by atoms with E-state index in [0.29, 0.717) is 12.0 Å². The van der Waals surface area contributed by atoms with Crippen LogP contribution in [-0.4, -0.2) is 13.7 Å². The van der Waals surface area contributed by atoms with Crippen LogP contribution in [0.3, 0.4) is 0 Å². The molecule has 17 heavy (non-hydrogen) atoms. The van der Waals surface area contributed by atoms with Crippen LogP contribution < -0.4 is 10.1 Å². The Bertz CT molecular complexity index is 397. The van der Waals surface area contributed by atoms with Crippen molar-refractivity contribution >= 4 is 11.6 Å². The van der Waals surface area contributed by atoms with Crippen LogP contribution in [0.2, 0.25) is 5.02 Å². The molecule has 1 unspecified atom stereocenters. The van der Waals surface area contributed by atoms with Gasteiger partial charge in [-0.05, 0) is 42.5 Å². The minimum absolute atomic E-state index is 0.420. The van der Waals surface area contributed by atoms with Crippen LogP contribution in [0.4, 0.5) is 0 Å². The normalized spacial score (nSPS) is 19.9. The smallest absolute Gasteiger partial charge is 0.140 e. The topological polar surface area (TPSA) is 21.3 Å². The van der Waals surface area contributed by atoms with Gasteiger partial charge in [0.1, 0.15) is 5.75 Å². The molecule has 0 aromatic heterocycles. The van der Waals surface area contributed by atoms with Crippen LogP contribution in [0.5, 0.6) is 5.75 Å². The number of ether oxygens (including phenoxy) is 1. The molecule has 1 aromatic rings. The van der Waals surface area contributed by atoms with Gasteiger partial charge >= 0.3 is 0 Å². The summed E-state index contributed by atoms with van der Waals surface area (Å²) < 4.78 is 5.40. The van der Waals surface area contributed by atoms with Crippen LogP contribution in [0.15, 0.2) is 12.1 Å². The number of halogens is 1. The highest BCUT2D eigenvalue weighted by molar-refractivity contribution is 6.32. The Morgan fingerprint density at radius 2 is 2.18 bits per heavy atom. The fourth-order valence-corrected chi connectivity index (χ4v) is 2.76. The SMILES string of the molecule is COc1c(Cl)cc(C2CCCN2)cc1C(C)C. The number of hydrogen-bond donors (Lipinski definition) is 1. The molecule has 1 aromatic carbocycles. The van der Waals surface area contributed by atoms with Gasteiger partial charge in [-0.3, -0.25) is 0 Å². The maximum atomic E-state index is 6.30. The van der Waals surface area contributed by atoms with E-state index in [1.165, 1.54) is 24.0 Å². The van der Waals surface area contributed by atoms with Gasteiger partial charge in [0.15, 0.2) is 0 Å². The zero-order chi connectivity index (χ0) is 12.4. The molecule has 3 heteroatoms. The van der Waals surface area contributed by atoms with Gasteiger partial charge in [-0.25, -0.2) is 0 Å². The Balaban J connectivity index is 2.41. The first kappa shape index (κ1) is 12.7. The van der Waals surface area contributed by atoms with Crippen molar-refractivity contribution in [2.75, 3.05) is 13.7 Å². The lowest BCUT2D eigenvalue weighted by atomic mass is 9.96. The minimum atomic E-state index is 0.420. The molecular formula is C14H20ClNO. The zero-order valence-electron chi connectivity index (χ0n) is 10.7. The predicted molar refractivity (Wildman–Crippen MR) is 72.1 cm³/mol. The summed E-state index contributed by atoms with van der Waals surface area (Å²) in [7, 11) is 1.68. The molecule has 2 rings (SSSR count). The van der Waals surface area contributed by atoms with E-state index in [4.69, 9.17) is 16.3 Å². The zero-order valence-corrected chi connectivity index (χ0v) is 11.5. The summed E-state index contributed by atoms with van der Waals surface area (Å²) in [5, 5.41) is 4.23. The van der Waals surface area contributed by atoms with Gasteiger partial charge < -0.3 is 10.1 Å². The second-order valence-electron chi connectivity index (χ2n) is 4.93. The van der Waals surface area contributed by atoms with Crippen molar-refractivity contribution in [1.82, 2.24) is 5.32 Å². The monoisotopic (exact) mass is 253 g/mol. The summed E-state index contributed by atoms with van der Waals surface area (Å²) in [5.74, 6) is 1.24. The van der Waals surface area contributed by atoms with Gasteiger partial charge in [0.2, 0.25) is 0 Å². The highest BCUT2D eigenvalue weighted by Crippen LogP contribution is 2.37. The average molecular weight is 254 g/mol. The minimum Gasteiger partial charge on any atom is -0.495 e. The molecule has 0 amide bonds. The van der Waals surface area contributed by atoms with Crippen LogP contribution in [0, 0.1) is 0 Å². The summed E-state index contributed by atoms with van der Waals surface area (Å²) in [6.45, 7) is 5.44. The molecule has 94 valence electrons. The summed E-state index contributed by atoms with van der Waals surface area (Å²) in [4.78, 5) is 0. The molecule has 0 bridgehead atoms. The van der Waals surface area contributed by atoms with Gasteiger partial charge in [0, 0.05) is 6.04 Å². The Hall–Kier alpha value is -0.730. The van der Waals surface area contributed by atoms with Crippen LogP contribution in [0.1, 0.15) is 49.8 Å². The van der Waals surface area contributed by atoms with Gasteiger partial charge in [0.05, 0.1) is 12.1 Å². The highest BCUT2D eigenvalue weighted by Gasteiger charge is 2.20. The van der Waals surface area contributed by atoms with E-state index in [9.17, 15) is 0 Å². The van der Waals surface area contributed by atoms with Gasteiger partial charge in [-0.1, -0.05) is 31.5 Å². The highest BCUT2D eigenvalue weighted by atomic mass is 35.5. The quantitative estimate of drug-likeness (QED) is 0.882. The first-order valence-corrected chi connectivity index (χ1v) is 6.62. The Morgan fingerprint density at radius 1 is 1.41 bits per heavy atom. The van der Waals surface area contributed by atoms with Crippen molar-refractivity contribution in [3.05, 3.63) is 28.3 Å². The molecule has 1 saturated heterocycles. The molecule has 0 spiro atoms. The molecule has 0 radical (unpaired) electrons. The van der Waals surface area contributed by atoms with Crippen molar-refractivity contribution < 1.29 is 4.74 Å². The maximum Gasteiger partial charge on any atom is 0.140 e. The van der Waals surface area contributed by atoms with Gasteiger partial charge in [-0.15, -0.1) is 0 Å². The van der Waals surface area contributed by atoms with Crippen LogP contribution >= 0.6 is 11.6 Å². The summed E-state index contributed by atoms with van der Waals surface area (Å²) >= 11 is 6.30. The van der Waals surface area contributed by atoms with Crippen molar-refractivity contribution in [1.29, 1.82) is 0 Å². The fraction of sp³-hybridized carbons (Fsp3) is 0.571. The summed E-state index contributed by atoms with van der Waals surface area (Å²) in [6, 6.07) is 4.73. The summed E-state index contributed by atoms with van der Waals surface area (Å²) in [6.07, 6.45) is 2.44. The number of benzene rings is 1. The van der Waals surface area contributed by atoms with E-state index in [0.717, 1.165) is 17.3 Å². The lowest BCUT2D eigenvalue weighted by Crippen LogP contribution is -2.13. The molecule has 1 aliphatic rings. The van der Waals surface area contributed by atoms with E-state index in [1.807, 2.05) is 6.07 Å². The Kier molecular flexibility index (Phi) is 3.95. The van der Waals surface area contributed by atoms with Crippen molar-refractivity contribution in [3.63, 3.8) is 0 Å². The lowest BCUT2D eigenvalue weighted by Gasteiger charge is -2.18. The van der Waals surface area contributed by atoms with E-state index >= 15 is 0 Å². The van der Waals surface area contributed by atoms with Crippen molar-refractivity contribution in [2.24, 2.45) is 0 Å². The Morgan fingerprint density at radius 3 is 2.71 bits per heavy atom. The third kappa shape index (κ3) is 2.58. The molecule has 0 saturated carbocycles. The standard InChI is InChI=1S/C14H20ClNO/c1-9(2)11-7-10(13-5-4-6-16-13)8-12(15)14(11)17-3/h7-9,13,16H,4-6H2,1-3H3. The molecule has 1 heterocycles. The molecule has 2 nitrogen and oxygen atoms in total. The average Bonchev–Trinajstić information content (AvgIpc) is 2.81. The first-order chi connectivity index (χ1) is 8.13. The third-order valence-electron chi connectivity index (χ3n) is 3.38. The van der Waals surface area contributed by atoms with Crippen molar-refractivity contribution in [2.45, 2.75) is 38.6 Å². The van der Waals surface area contributed by atoms with Gasteiger partial charge in [0.25, 0.3) is 0 Å². The fourth-order valence-electron chi connectivity index (χ4n) is 2.45. The molecule has 1 aliphatic heterocycles. The molecule has 1 fully saturated rings. The second-order valence-corrected chi connectivity index (χ2v) is 5.34. The number of hydrogen-bond acceptors (Lipinski definition) is 2. The first-order valence-electron chi connectivity index (χ1n) is 6.24. The molecule has 1 atom stereocenters. The Labute approximate surface area is 108 Å². The van der Waals surface area contributed by atoms with E-state index in [-0.39, 0.29) is 0 Å². The van der Waals surface area contributed by atoms with Crippen LogP contribution in [0.25, 0.3) is 0 Å². The lowest BCUT2D eigenvalue weighted by molar-refractivity contribution is 0.407. The van der Waals surface area contributed by atoms with E-state index < -0.39 is 0 Å². The van der Waals surface area contributed by atoms with E-state index in [1.54, 1.807) is 7.11 Å². The third-order valence-corrected chi connectivity index (χ3v) is 3.66. The number of methoxy groups -OCH3 is 1. The van der Waals surface area contributed by atoms with Crippen LogP contribution in [-0.2, 0) is 0 Å². The van der Waals surface area contributed by atoms with Crippen molar-refractivity contribution in [3.8, 4) is 5.75 Å². The predicted octanol–water partition coefficient (Wildman–Crippen LogP) is 3.90. The molecule has 0 aliphatic carbocycles. The molecular weight excluding hydrogens is 234 g/mol. The number of rotatable bonds is 3. The molecule has 1 N–H and O–H groups in total. The second kappa shape index (κ2) is 5.28. The summed E-state index contributed by atoms with van der Waals surface area (Å²) in [5.41, 5.74) is 2.49. The number of nitrogens with one attached hydrogen (secondary N) is 1. The maximum absolute atomic E-state index is 6.30. The van der Waals surface area contributed by atoms with E-state index in [2.05, 4.69) is 25.2 Å². The van der Waals surface area contributed by atoms with Gasteiger partial charge in [-0.2, -0.15) is 0 Å².